The molecule has 0 spiro atoms. The molecule has 1 saturated carbocycles. The van der Waals surface area contributed by atoms with Gasteiger partial charge in [-0.3, -0.25) is 0 Å². The molecule has 2 amide bonds. The molecule has 2 aliphatic rings. The van der Waals surface area contributed by atoms with Crippen molar-refractivity contribution in [2.45, 2.75) is 44.2 Å². The van der Waals surface area contributed by atoms with E-state index in [4.69, 9.17) is 0 Å². The topological polar surface area (TPSA) is 44.4 Å². The highest BCUT2D eigenvalue weighted by Gasteiger charge is 2.25. The molecule has 0 radical (unpaired) electrons. The quantitative estimate of drug-likeness (QED) is 0.888. The van der Waals surface area contributed by atoms with Gasteiger partial charge in [0.2, 0.25) is 0 Å². The zero-order valence-corrected chi connectivity index (χ0v) is 11.8. The van der Waals surface area contributed by atoms with Crippen LogP contribution >= 0.6 is 0 Å². The van der Waals surface area contributed by atoms with E-state index in [1.54, 1.807) is 0 Å². The standard InChI is InChI=1S/C16H23N3O/c20-16(17-13-6-4-5-7-13)18-14-10-11-19(12-14)15-8-2-1-3-9-15/h1-3,8-9,13-14H,4-7,10-12H2,(H2,17,18,20). The van der Waals surface area contributed by atoms with Gasteiger partial charge in [-0.2, -0.15) is 0 Å². The summed E-state index contributed by atoms with van der Waals surface area (Å²) in [6.07, 6.45) is 5.78. The van der Waals surface area contributed by atoms with Gasteiger partial charge in [-0.15, -0.1) is 0 Å². The highest BCUT2D eigenvalue weighted by molar-refractivity contribution is 5.74. The number of para-hydroxylation sites is 1. The third-order valence-corrected chi connectivity index (χ3v) is 4.34. The van der Waals surface area contributed by atoms with Crippen LogP contribution in [0.3, 0.4) is 0 Å². The van der Waals surface area contributed by atoms with Gasteiger partial charge in [-0.25, -0.2) is 4.79 Å². The van der Waals surface area contributed by atoms with Crippen LogP contribution in [0.5, 0.6) is 0 Å². The van der Waals surface area contributed by atoms with E-state index in [2.05, 4.69) is 39.8 Å². The number of carbonyl (C=O) groups excluding carboxylic acids is 1. The fourth-order valence-corrected chi connectivity index (χ4v) is 3.23. The maximum Gasteiger partial charge on any atom is 0.315 e. The van der Waals surface area contributed by atoms with Crippen molar-refractivity contribution in [3.05, 3.63) is 30.3 Å². The third-order valence-electron chi connectivity index (χ3n) is 4.34. The minimum atomic E-state index is 0.0109. The number of carbonyl (C=O) groups is 1. The van der Waals surface area contributed by atoms with Gasteiger partial charge in [0.05, 0.1) is 0 Å². The van der Waals surface area contributed by atoms with E-state index >= 15 is 0 Å². The maximum atomic E-state index is 12.0. The molecule has 108 valence electrons. The minimum Gasteiger partial charge on any atom is -0.369 e. The predicted octanol–water partition coefficient (Wildman–Crippen LogP) is 2.51. The van der Waals surface area contributed by atoms with Crippen molar-refractivity contribution in [1.82, 2.24) is 10.6 Å². The first-order valence-electron chi connectivity index (χ1n) is 7.68. The first-order chi connectivity index (χ1) is 9.81. The van der Waals surface area contributed by atoms with Crippen LogP contribution in [0.25, 0.3) is 0 Å². The zero-order valence-electron chi connectivity index (χ0n) is 11.8. The van der Waals surface area contributed by atoms with Crippen molar-refractivity contribution in [2.24, 2.45) is 0 Å². The van der Waals surface area contributed by atoms with Crippen LogP contribution in [-0.2, 0) is 0 Å². The van der Waals surface area contributed by atoms with Gasteiger partial charge in [-0.05, 0) is 31.4 Å². The molecule has 1 saturated heterocycles. The first kappa shape index (κ1) is 13.3. The molecule has 4 nitrogen and oxygen atoms in total. The van der Waals surface area contributed by atoms with Gasteiger partial charge in [0.1, 0.15) is 0 Å². The van der Waals surface area contributed by atoms with Crippen LogP contribution in [0.4, 0.5) is 10.5 Å². The summed E-state index contributed by atoms with van der Waals surface area (Å²) < 4.78 is 0. The van der Waals surface area contributed by atoms with E-state index in [0.717, 1.165) is 32.4 Å². The highest BCUT2D eigenvalue weighted by Crippen LogP contribution is 2.20. The Morgan fingerprint density at radius 2 is 1.70 bits per heavy atom. The Hall–Kier alpha value is -1.71. The number of nitrogens with zero attached hydrogens (tertiary/aromatic N) is 1. The van der Waals surface area contributed by atoms with Gasteiger partial charge in [-0.1, -0.05) is 31.0 Å². The summed E-state index contributed by atoms with van der Waals surface area (Å²) >= 11 is 0. The SMILES string of the molecule is O=C(NC1CCCC1)NC1CCN(c2ccccc2)C1. The number of hydrogen-bond acceptors (Lipinski definition) is 2. The summed E-state index contributed by atoms with van der Waals surface area (Å²) in [7, 11) is 0. The Balaban J connectivity index is 1.46. The molecule has 2 fully saturated rings. The number of anilines is 1. The number of rotatable bonds is 3. The monoisotopic (exact) mass is 273 g/mol. The van der Waals surface area contributed by atoms with E-state index in [1.165, 1.54) is 18.5 Å². The van der Waals surface area contributed by atoms with Crippen LogP contribution < -0.4 is 15.5 Å². The molecule has 0 bridgehead atoms. The molecule has 1 aromatic rings. The molecule has 1 atom stereocenters. The van der Waals surface area contributed by atoms with Gasteiger partial charge < -0.3 is 15.5 Å². The summed E-state index contributed by atoms with van der Waals surface area (Å²) in [5.74, 6) is 0. The van der Waals surface area contributed by atoms with E-state index in [1.807, 2.05) is 6.07 Å². The smallest absolute Gasteiger partial charge is 0.315 e. The molecule has 20 heavy (non-hydrogen) atoms. The normalized spacial score (nSPS) is 23.0. The first-order valence-corrected chi connectivity index (χ1v) is 7.68. The van der Waals surface area contributed by atoms with Crippen molar-refractivity contribution in [2.75, 3.05) is 18.0 Å². The largest absolute Gasteiger partial charge is 0.369 e. The Morgan fingerprint density at radius 1 is 1.00 bits per heavy atom. The molecule has 1 aromatic carbocycles. The fraction of sp³-hybridized carbons (Fsp3) is 0.562. The molecule has 0 aromatic heterocycles. The van der Waals surface area contributed by atoms with Crippen molar-refractivity contribution >= 4 is 11.7 Å². The Bertz CT molecular complexity index is 442. The molecule has 1 unspecified atom stereocenters. The molecular formula is C16H23N3O. The molecule has 1 aliphatic heterocycles. The Kier molecular flexibility index (Phi) is 4.09. The molecule has 1 heterocycles. The van der Waals surface area contributed by atoms with E-state index in [9.17, 15) is 4.79 Å². The van der Waals surface area contributed by atoms with E-state index in [-0.39, 0.29) is 12.1 Å². The number of urea groups is 1. The van der Waals surface area contributed by atoms with Crippen molar-refractivity contribution in [1.29, 1.82) is 0 Å². The maximum absolute atomic E-state index is 12.0. The summed E-state index contributed by atoms with van der Waals surface area (Å²) in [4.78, 5) is 14.3. The molecule has 3 rings (SSSR count). The lowest BCUT2D eigenvalue weighted by Gasteiger charge is -2.20. The second-order valence-corrected chi connectivity index (χ2v) is 5.87. The van der Waals surface area contributed by atoms with Gasteiger partial charge >= 0.3 is 6.03 Å². The molecule has 4 heteroatoms. The molecule has 1 aliphatic carbocycles. The van der Waals surface area contributed by atoms with Crippen molar-refractivity contribution in [3.8, 4) is 0 Å². The fourth-order valence-electron chi connectivity index (χ4n) is 3.23. The van der Waals surface area contributed by atoms with Crippen molar-refractivity contribution in [3.63, 3.8) is 0 Å². The number of nitrogens with one attached hydrogen (secondary N) is 2. The summed E-state index contributed by atoms with van der Waals surface area (Å²) in [6.45, 7) is 1.92. The lowest BCUT2D eigenvalue weighted by Crippen LogP contribution is -2.46. The van der Waals surface area contributed by atoms with Gasteiger partial charge in [0, 0.05) is 30.9 Å². The van der Waals surface area contributed by atoms with E-state index < -0.39 is 0 Å². The summed E-state index contributed by atoms with van der Waals surface area (Å²) in [5, 5.41) is 6.21. The summed E-state index contributed by atoms with van der Waals surface area (Å²) in [6, 6.07) is 11.1. The number of hydrogen-bond donors (Lipinski definition) is 2. The zero-order chi connectivity index (χ0) is 13.8. The third kappa shape index (κ3) is 3.24. The highest BCUT2D eigenvalue weighted by atomic mass is 16.2. The van der Waals surface area contributed by atoms with Crippen LogP contribution in [0.1, 0.15) is 32.1 Å². The minimum absolute atomic E-state index is 0.0109. The van der Waals surface area contributed by atoms with Crippen LogP contribution in [0.15, 0.2) is 30.3 Å². The average molecular weight is 273 g/mol. The lowest BCUT2D eigenvalue weighted by atomic mass is 10.2. The van der Waals surface area contributed by atoms with Crippen LogP contribution in [-0.4, -0.2) is 31.2 Å². The number of amides is 2. The van der Waals surface area contributed by atoms with E-state index in [0.29, 0.717) is 6.04 Å². The summed E-state index contributed by atoms with van der Waals surface area (Å²) in [5.41, 5.74) is 1.24. The molecule has 2 N–H and O–H groups in total. The second-order valence-electron chi connectivity index (χ2n) is 5.87. The van der Waals surface area contributed by atoms with Crippen LogP contribution in [0, 0.1) is 0 Å². The lowest BCUT2D eigenvalue weighted by molar-refractivity contribution is 0.234. The average Bonchev–Trinajstić information content (AvgIpc) is 3.11. The van der Waals surface area contributed by atoms with Crippen molar-refractivity contribution < 1.29 is 4.79 Å². The number of benzene rings is 1. The molecular weight excluding hydrogens is 250 g/mol. The van der Waals surface area contributed by atoms with Gasteiger partial charge in [0.15, 0.2) is 0 Å². The Morgan fingerprint density at radius 3 is 2.45 bits per heavy atom. The second kappa shape index (κ2) is 6.16. The van der Waals surface area contributed by atoms with Gasteiger partial charge in [0.25, 0.3) is 0 Å². The Labute approximate surface area is 120 Å². The van der Waals surface area contributed by atoms with Crippen LogP contribution in [0.2, 0.25) is 0 Å². The predicted molar refractivity (Wildman–Crippen MR) is 81.0 cm³/mol.